The summed E-state index contributed by atoms with van der Waals surface area (Å²) in [6, 6.07) is 13.3. The monoisotopic (exact) mass is 327 g/mol. The van der Waals surface area contributed by atoms with Crippen LogP contribution in [0.1, 0.15) is 11.1 Å². The SMILES string of the molecule is Cc1cccc(OCC(=O)NC[C@H]2COc3ccccc3O2)c1C. The zero-order valence-electron chi connectivity index (χ0n) is 13.9. The van der Waals surface area contributed by atoms with E-state index in [1.807, 2.05) is 56.3 Å². The average molecular weight is 327 g/mol. The van der Waals surface area contributed by atoms with Crippen molar-refractivity contribution in [1.29, 1.82) is 0 Å². The Morgan fingerprint density at radius 2 is 1.96 bits per heavy atom. The molecule has 1 amide bonds. The molecule has 1 aliphatic heterocycles. The van der Waals surface area contributed by atoms with Crippen molar-refractivity contribution in [3.05, 3.63) is 53.6 Å². The number of aryl methyl sites for hydroxylation is 1. The quantitative estimate of drug-likeness (QED) is 0.917. The third-order valence-electron chi connectivity index (χ3n) is 4.01. The molecule has 3 rings (SSSR count). The summed E-state index contributed by atoms with van der Waals surface area (Å²) in [5, 5.41) is 2.82. The topological polar surface area (TPSA) is 56.8 Å². The highest BCUT2D eigenvalue weighted by atomic mass is 16.6. The largest absolute Gasteiger partial charge is 0.486 e. The second kappa shape index (κ2) is 7.25. The van der Waals surface area contributed by atoms with E-state index in [4.69, 9.17) is 14.2 Å². The molecule has 0 saturated heterocycles. The van der Waals surface area contributed by atoms with Crippen molar-refractivity contribution in [2.24, 2.45) is 0 Å². The predicted octanol–water partition coefficient (Wildman–Crippen LogP) is 2.64. The van der Waals surface area contributed by atoms with E-state index < -0.39 is 0 Å². The number of hydrogen-bond acceptors (Lipinski definition) is 4. The van der Waals surface area contributed by atoms with E-state index in [0.29, 0.717) is 18.9 Å². The van der Waals surface area contributed by atoms with Crippen LogP contribution in [0.4, 0.5) is 0 Å². The Morgan fingerprint density at radius 1 is 1.17 bits per heavy atom. The van der Waals surface area contributed by atoms with Gasteiger partial charge in [-0.05, 0) is 43.2 Å². The van der Waals surface area contributed by atoms with Gasteiger partial charge in [-0.15, -0.1) is 0 Å². The Kier molecular flexibility index (Phi) is 4.89. The second-order valence-corrected chi connectivity index (χ2v) is 5.79. The van der Waals surface area contributed by atoms with Gasteiger partial charge in [0.2, 0.25) is 0 Å². The molecule has 2 aromatic carbocycles. The van der Waals surface area contributed by atoms with Crippen LogP contribution in [-0.2, 0) is 4.79 Å². The van der Waals surface area contributed by atoms with Crippen LogP contribution in [0.2, 0.25) is 0 Å². The smallest absolute Gasteiger partial charge is 0.258 e. The highest BCUT2D eigenvalue weighted by molar-refractivity contribution is 5.77. The van der Waals surface area contributed by atoms with Gasteiger partial charge in [-0.25, -0.2) is 0 Å². The molecule has 5 nitrogen and oxygen atoms in total. The van der Waals surface area contributed by atoms with Crippen molar-refractivity contribution in [2.75, 3.05) is 19.8 Å². The molecule has 0 aromatic heterocycles. The first-order valence-electron chi connectivity index (χ1n) is 7.97. The lowest BCUT2D eigenvalue weighted by Crippen LogP contribution is -2.42. The first kappa shape index (κ1) is 16.2. The molecule has 1 atom stereocenters. The minimum Gasteiger partial charge on any atom is -0.486 e. The van der Waals surface area contributed by atoms with Gasteiger partial charge in [0, 0.05) is 0 Å². The minimum absolute atomic E-state index is 0.0194. The second-order valence-electron chi connectivity index (χ2n) is 5.79. The van der Waals surface area contributed by atoms with Crippen molar-refractivity contribution >= 4 is 5.91 Å². The fraction of sp³-hybridized carbons (Fsp3) is 0.316. The van der Waals surface area contributed by atoms with Crippen molar-refractivity contribution in [3.63, 3.8) is 0 Å². The van der Waals surface area contributed by atoms with Crippen LogP contribution < -0.4 is 19.5 Å². The molecule has 0 unspecified atom stereocenters. The Labute approximate surface area is 141 Å². The standard InChI is InChI=1S/C19H21NO4/c1-13-6-5-9-16(14(13)2)23-12-19(21)20-10-15-11-22-17-7-3-4-8-18(17)24-15/h3-9,15H,10-12H2,1-2H3,(H,20,21)/t15-/m0/s1. The summed E-state index contributed by atoms with van der Waals surface area (Å²) in [4.78, 5) is 12.0. The van der Waals surface area contributed by atoms with E-state index >= 15 is 0 Å². The number of nitrogens with one attached hydrogen (secondary N) is 1. The normalized spacial score (nSPS) is 15.7. The molecule has 1 aliphatic rings. The lowest BCUT2D eigenvalue weighted by atomic mass is 10.1. The van der Waals surface area contributed by atoms with Gasteiger partial charge in [0.05, 0.1) is 6.54 Å². The molecule has 1 N–H and O–H groups in total. The molecule has 24 heavy (non-hydrogen) atoms. The van der Waals surface area contributed by atoms with Crippen LogP contribution in [0.15, 0.2) is 42.5 Å². The number of amides is 1. The Hall–Kier alpha value is -2.69. The number of rotatable bonds is 5. The fourth-order valence-electron chi connectivity index (χ4n) is 2.47. The Balaban J connectivity index is 1.46. The maximum atomic E-state index is 12.0. The minimum atomic E-state index is -0.204. The fourth-order valence-corrected chi connectivity index (χ4v) is 2.47. The molecule has 0 spiro atoms. The number of benzene rings is 2. The lowest BCUT2D eigenvalue weighted by molar-refractivity contribution is -0.123. The highest BCUT2D eigenvalue weighted by Crippen LogP contribution is 2.30. The summed E-state index contributed by atoms with van der Waals surface area (Å²) in [5.41, 5.74) is 2.19. The molecule has 0 saturated carbocycles. The first-order valence-corrected chi connectivity index (χ1v) is 7.97. The van der Waals surface area contributed by atoms with E-state index in [0.717, 1.165) is 22.6 Å². The van der Waals surface area contributed by atoms with Gasteiger partial charge < -0.3 is 19.5 Å². The van der Waals surface area contributed by atoms with Crippen LogP contribution >= 0.6 is 0 Å². The molecule has 1 heterocycles. The Morgan fingerprint density at radius 3 is 2.79 bits per heavy atom. The maximum absolute atomic E-state index is 12.0. The lowest BCUT2D eigenvalue weighted by Gasteiger charge is -2.26. The number of ether oxygens (including phenoxy) is 3. The third-order valence-corrected chi connectivity index (χ3v) is 4.01. The average Bonchev–Trinajstić information content (AvgIpc) is 2.61. The van der Waals surface area contributed by atoms with E-state index in [1.165, 1.54) is 0 Å². The predicted molar refractivity (Wildman–Crippen MR) is 90.8 cm³/mol. The number of fused-ring (bicyclic) bond motifs is 1. The van der Waals surface area contributed by atoms with Gasteiger partial charge in [0.15, 0.2) is 18.1 Å². The van der Waals surface area contributed by atoms with E-state index in [9.17, 15) is 4.79 Å². The van der Waals surface area contributed by atoms with Crippen LogP contribution in [0.25, 0.3) is 0 Å². The van der Waals surface area contributed by atoms with Crippen LogP contribution in [0.3, 0.4) is 0 Å². The summed E-state index contributed by atoms with van der Waals surface area (Å²) in [5.74, 6) is 1.99. The third kappa shape index (κ3) is 3.79. The van der Waals surface area contributed by atoms with Gasteiger partial charge in [0.1, 0.15) is 18.5 Å². The van der Waals surface area contributed by atoms with Crippen LogP contribution in [0, 0.1) is 13.8 Å². The van der Waals surface area contributed by atoms with Gasteiger partial charge in [-0.1, -0.05) is 24.3 Å². The first-order chi connectivity index (χ1) is 11.6. The number of carbonyl (C=O) groups excluding carboxylic acids is 1. The molecule has 0 fully saturated rings. The van der Waals surface area contributed by atoms with Crippen molar-refractivity contribution in [3.8, 4) is 17.2 Å². The molecule has 0 bridgehead atoms. The molecule has 2 aromatic rings. The number of carbonyl (C=O) groups is 1. The van der Waals surface area contributed by atoms with Crippen molar-refractivity contribution < 1.29 is 19.0 Å². The molecule has 5 heteroatoms. The molecule has 126 valence electrons. The maximum Gasteiger partial charge on any atom is 0.258 e. The summed E-state index contributed by atoms with van der Waals surface area (Å²) in [6.45, 7) is 4.76. The van der Waals surface area contributed by atoms with E-state index in [2.05, 4.69) is 5.32 Å². The summed E-state index contributed by atoms with van der Waals surface area (Å²) < 4.78 is 17.0. The molecule has 0 radical (unpaired) electrons. The van der Waals surface area contributed by atoms with Crippen LogP contribution in [0.5, 0.6) is 17.2 Å². The highest BCUT2D eigenvalue weighted by Gasteiger charge is 2.21. The van der Waals surface area contributed by atoms with E-state index in [-0.39, 0.29) is 18.6 Å². The van der Waals surface area contributed by atoms with Gasteiger partial charge in [0.25, 0.3) is 5.91 Å². The van der Waals surface area contributed by atoms with Gasteiger partial charge in [-0.2, -0.15) is 0 Å². The Bertz CT molecular complexity index is 729. The molecular formula is C19H21NO4. The van der Waals surface area contributed by atoms with Gasteiger partial charge >= 0.3 is 0 Å². The summed E-state index contributed by atoms with van der Waals surface area (Å²) in [6.07, 6.45) is -0.204. The van der Waals surface area contributed by atoms with Gasteiger partial charge in [-0.3, -0.25) is 4.79 Å². The summed E-state index contributed by atoms with van der Waals surface area (Å²) in [7, 11) is 0. The van der Waals surface area contributed by atoms with Crippen molar-refractivity contribution in [1.82, 2.24) is 5.32 Å². The van der Waals surface area contributed by atoms with Crippen LogP contribution in [-0.4, -0.2) is 31.8 Å². The summed E-state index contributed by atoms with van der Waals surface area (Å²) >= 11 is 0. The zero-order chi connectivity index (χ0) is 16.9. The molecular weight excluding hydrogens is 306 g/mol. The van der Waals surface area contributed by atoms with Crippen molar-refractivity contribution in [2.45, 2.75) is 20.0 Å². The molecule has 0 aliphatic carbocycles. The van der Waals surface area contributed by atoms with E-state index in [1.54, 1.807) is 0 Å². The number of para-hydroxylation sites is 2. The zero-order valence-corrected chi connectivity index (χ0v) is 13.9. The number of hydrogen-bond donors (Lipinski definition) is 1.